The molecule has 0 unspecified atom stereocenters. The molecule has 0 radical (unpaired) electrons. The van der Waals surface area contributed by atoms with Gasteiger partial charge in [0.1, 0.15) is 5.82 Å². The molecule has 7 heteroatoms. The van der Waals surface area contributed by atoms with E-state index in [9.17, 15) is 14.0 Å². The third kappa shape index (κ3) is 4.18. The van der Waals surface area contributed by atoms with E-state index in [2.05, 4.69) is 10.6 Å². The minimum absolute atomic E-state index is 0.173. The molecule has 0 heterocycles. The van der Waals surface area contributed by atoms with Gasteiger partial charge in [0.15, 0.2) is 0 Å². The third-order valence-corrected chi connectivity index (χ3v) is 3.03. The van der Waals surface area contributed by atoms with Gasteiger partial charge >= 0.3 is 11.8 Å². The lowest BCUT2D eigenvalue weighted by atomic mass is 10.3. The molecule has 2 amide bonds. The lowest BCUT2D eigenvalue weighted by molar-refractivity contribution is -0.132. The molecule has 2 aromatic carbocycles. The zero-order valence-corrected chi connectivity index (χ0v) is 12.0. The van der Waals surface area contributed by atoms with Crippen molar-refractivity contribution in [2.75, 3.05) is 10.6 Å². The highest BCUT2D eigenvalue weighted by Crippen LogP contribution is 2.25. The molecule has 0 aliphatic heterocycles. The summed E-state index contributed by atoms with van der Waals surface area (Å²) in [7, 11) is 0. The fraction of sp³-hybridized carbons (Fsp3) is 0. The van der Waals surface area contributed by atoms with E-state index in [1.54, 1.807) is 6.07 Å². The molecular weight excluding hydrogens is 318 g/mol. The molecule has 0 aliphatic rings. The number of rotatable bonds is 2. The minimum Gasteiger partial charge on any atom is -0.318 e. The smallest absolute Gasteiger partial charge is 0.314 e. The third-order valence-electron chi connectivity index (χ3n) is 2.47. The van der Waals surface area contributed by atoms with Crippen LogP contribution in [0.25, 0.3) is 0 Å². The maximum Gasteiger partial charge on any atom is 0.314 e. The SMILES string of the molecule is O=C(Nc1cccc(F)c1)C(=O)Nc1cc(Cl)ccc1Cl. The van der Waals surface area contributed by atoms with Crippen LogP contribution in [0.5, 0.6) is 0 Å². The number of carbonyl (C=O) groups is 2. The molecule has 0 spiro atoms. The van der Waals surface area contributed by atoms with Gasteiger partial charge in [-0.3, -0.25) is 9.59 Å². The Kier molecular flexibility index (Phi) is 4.77. The second-order valence-electron chi connectivity index (χ2n) is 4.04. The van der Waals surface area contributed by atoms with Crippen molar-refractivity contribution < 1.29 is 14.0 Å². The summed E-state index contributed by atoms with van der Waals surface area (Å²) in [6.07, 6.45) is 0. The van der Waals surface area contributed by atoms with Crippen LogP contribution in [0.1, 0.15) is 0 Å². The van der Waals surface area contributed by atoms with Gasteiger partial charge in [-0.15, -0.1) is 0 Å². The Morgan fingerprint density at radius 1 is 0.952 bits per heavy atom. The standard InChI is InChI=1S/C14H9Cl2FN2O2/c15-8-4-5-11(16)12(6-8)19-14(21)13(20)18-10-3-1-2-9(17)7-10/h1-7H,(H,18,20)(H,19,21). The lowest BCUT2D eigenvalue weighted by Crippen LogP contribution is -2.29. The highest BCUT2D eigenvalue weighted by Gasteiger charge is 2.15. The van der Waals surface area contributed by atoms with E-state index in [0.717, 1.165) is 6.07 Å². The van der Waals surface area contributed by atoms with E-state index in [1.807, 2.05) is 0 Å². The summed E-state index contributed by atoms with van der Waals surface area (Å²) in [5.41, 5.74) is 0.385. The monoisotopic (exact) mass is 326 g/mol. The summed E-state index contributed by atoms with van der Waals surface area (Å²) in [6, 6.07) is 9.64. The van der Waals surface area contributed by atoms with Crippen LogP contribution in [0.3, 0.4) is 0 Å². The molecule has 4 nitrogen and oxygen atoms in total. The number of amides is 2. The Morgan fingerprint density at radius 2 is 1.67 bits per heavy atom. The van der Waals surface area contributed by atoms with Crippen LogP contribution in [-0.4, -0.2) is 11.8 Å². The van der Waals surface area contributed by atoms with Crippen LogP contribution in [-0.2, 0) is 9.59 Å². The zero-order valence-electron chi connectivity index (χ0n) is 10.5. The molecular formula is C14H9Cl2FN2O2. The Labute approximate surface area is 129 Å². The Bertz CT molecular complexity index is 707. The van der Waals surface area contributed by atoms with Crippen LogP contribution in [0.2, 0.25) is 10.0 Å². The molecule has 21 heavy (non-hydrogen) atoms. The van der Waals surface area contributed by atoms with Crippen LogP contribution >= 0.6 is 23.2 Å². The minimum atomic E-state index is -0.948. The van der Waals surface area contributed by atoms with Gasteiger partial charge in [0.05, 0.1) is 10.7 Å². The van der Waals surface area contributed by atoms with Crippen molar-refractivity contribution in [2.45, 2.75) is 0 Å². The molecule has 0 bridgehead atoms. The van der Waals surface area contributed by atoms with Gasteiger partial charge in [0.25, 0.3) is 0 Å². The Balaban J connectivity index is 2.06. The predicted molar refractivity (Wildman–Crippen MR) is 80.1 cm³/mol. The average molecular weight is 327 g/mol. The maximum absolute atomic E-state index is 13.0. The summed E-state index contributed by atoms with van der Waals surface area (Å²) in [6.45, 7) is 0. The van der Waals surface area contributed by atoms with Crippen LogP contribution < -0.4 is 10.6 Å². The number of hydrogen-bond donors (Lipinski definition) is 2. The van der Waals surface area contributed by atoms with Crippen LogP contribution in [0.4, 0.5) is 15.8 Å². The van der Waals surface area contributed by atoms with Gasteiger partial charge in [-0.2, -0.15) is 0 Å². The molecule has 108 valence electrons. The van der Waals surface area contributed by atoms with E-state index >= 15 is 0 Å². The van der Waals surface area contributed by atoms with Crippen molar-refractivity contribution in [1.29, 1.82) is 0 Å². The van der Waals surface area contributed by atoms with Crippen LogP contribution in [0, 0.1) is 5.82 Å². The van der Waals surface area contributed by atoms with Crippen molar-refractivity contribution in [3.05, 3.63) is 58.3 Å². The number of nitrogens with one attached hydrogen (secondary N) is 2. The first-order valence-corrected chi connectivity index (χ1v) is 6.54. The molecule has 0 atom stereocenters. The van der Waals surface area contributed by atoms with Crippen molar-refractivity contribution in [2.24, 2.45) is 0 Å². The first-order valence-electron chi connectivity index (χ1n) is 5.78. The quantitative estimate of drug-likeness (QED) is 0.826. The molecule has 2 aromatic rings. The summed E-state index contributed by atoms with van der Waals surface area (Å²) < 4.78 is 13.0. The van der Waals surface area contributed by atoms with Crippen molar-refractivity contribution in [3.8, 4) is 0 Å². The van der Waals surface area contributed by atoms with Crippen LogP contribution in [0.15, 0.2) is 42.5 Å². The number of benzene rings is 2. The zero-order chi connectivity index (χ0) is 15.4. The van der Waals surface area contributed by atoms with Crippen molar-refractivity contribution in [3.63, 3.8) is 0 Å². The summed E-state index contributed by atoms with van der Waals surface area (Å²) in [5, 5.41) is 5.20. The van der Waals surface area contributed by atoms with Crippen molar-refractivity contribution in [1.82, 2.24) is 0 Å². The van der Waals surface area contributed by atoms with E-state index < -0.39 is 17.6 Å². The van der Waals surface area contributed by atoms with Gasteiger partial charge in [0.2, 0.25) is 0 Å². The fourth-order valence-electron chi connectivity index (χ4n) is 1.53. The van der Waals surface area contributed by atoms with E-state index in [1.165, 1.54) is 30.3 Å². The van der Waals surface area contributed by atoms with Crippen molar-refractivity contribution >= 4 is 46.4 Å². The normalized spacial score (nSPS) is 10.0. The van der Waals surface area contributed by atoms with Gasteiger partial charge in [-0.05, 0) is 36.4 Å². The molecule has 2 rings (SSSR count). The lowest BCUT2D eigenvalue weighted by Gasteiger charge is -2.08. The highest BCUT2D eigenvalue weighted by atomic mass is 35.5. The Morgan fingerprint density at radius 3 is 2.38 bits per heavy atom. The summed E-state index contributed by atoms with van der Waals surface area (Å²) in [4.78, 5) is 23.4. The average Bonchev–Trinajstić information content (AvgIpc) is 2.43. The van der Waals surface area contributed by atoms with E-state index in [0.29, 0.717) is 5.02 Å². The van der Waals surface area contributed by atoms with Gasteiger partial charge in [-0.25, -0.2) is 4.39 Å². The predicted octanol–water partition coefficient (Wildman–Crippen LogP) is 3.71. The number of anilines is 2. The number of carbonyl (C=O) groups excluding carboxylic acids is 2. The molecule has 0 saturated heterocycles. The van der Waals surface area contributed by atoms with E-state index in [-0.39, 0.29) is 16.4 Å². The molecule has 0 aliphatic carbocycles. The second kappa shape index (κ2) is 6.56. The number of hydrogen-bond acceptors (Lipinski definition) is 2. The molecule has 0 saturated carbocycles. The Hall–Kier alpha value is -2.11. The molecule has 0 fully saturated rings. The van der Waals surface area contributed by atoms with E-state index in [4.69, 9.17) is 23.2 Å². The molecule has 0 aromatic heterocycles. The second-order valence-corrected chi connectivity index (χ2v) is 4.89. The fourth-order valence-corrected chi connectivity index (χ4v) is 1.86. The summed E-state index contributed by atoms with van der Waals surface area (Å²) >= 11 is 11.6. The summed E-state index contributed by atoms with van der Waals surface area (Å²) in [5.74, 6) is -2.41. The van der Waals surface area contributed by atoms with Gasteiger partial charge < -0.3 is 10.6 Å². The van der Waals surface area contributed by atoms with Gasteiger partial charge in [0, 0.05) is 10.7 Å². The topological polar surface area (TPSA) is 58.2 Å². The first-order chi connectivity index (χ1) is 9.95. The number of halogens is 3. The first kappa shape index (κ1) is 15.3. The highest BCUT2D eigenvalue weighted by molar-refractivity contribution is 6.45. The van der Waals surface area contributed by atoms with Gasteiger partial charge in [-0.1, -0.05) is 29.3 Å². The largest absolute Gasteiger partial charge is 0.318 e. The molecule has 2 N–H and O–H groups in total. The maximum atomic E-state index is 13.0.